The molecule has 136 valence electrons. The van der Waals surface area contributed by atoms with Crippen LogP contribution in [0.3, 0.4) is 0 Å². The Labute approximate surface area is 151 Å². The molecular weight excluding hydrogens is 342 g/mol. The van der Waals surface area contributed by atoms with E-state index in [4.69, 9.17) is 15.2 Å². The number of thioether (sulfide) groups is 1. The van der Waals surface area contributed by atoms with Crippen molar-refractivity contribution in [1.29, 1.82) is 0 Å². The van der Waals surface area contributed by atoms with Crippen LogP contribution >= 0.6 is 11.8 Å². The third kappa shape index (κ3) is 4.16. The molecule has 3 N–H and O–H groups in total. The highest BCUT2D eigenvalue weighted by atomic mass is 32.2. The van der Waals surface area contributed by atoms with E-state index in [9.17, 15) is 4.79 Å². The van der Waals surface area contributed by atoms with Crippen molar-refractivity contribution in [2.45, 2.75) is 31.5 Å². The molecule has 1 heterocycles. The van der Waals surface area contributed by atoms with E-state index >= 15 is 0 Å². The number of benzene rings is 1. The van der Waals surface area contributed by atoms with Gasteiger partial charge in [0.1, 0.15) is 17.5 Å². The van der Waals surface area contributed by atoms with Gasteiger partial charge in [0.2, 0.25) is 11.9 Å². The third-order valence-corrected chi connectivity index (χ3v) is 4.46. The summed E-state index contributed by atoms with van der Waals surface area (Å²) in [5, 5.41) is 11.5. The Morgan fingerprint density at radius 1 is 1.32 bits per heavy atom. The van der Waals surface area contributed by atoms with Gasteiger partial charge in [0.25, 0.3) is 0 Å². The number of hydrogen-bond acceptors (Lipinski definition) is 7. The maximum Gasteiger partial charge on any atom is 0.247 e. The molecule has 0 aliphatic carbocycles. The number of nitrogens with two attached hydrogens (primary N) is 1. The number of carbonyl (C=O) groups is 1. The molecule has 1 aromatic heterocycles. The van der Waals surface area contributed by atoms with E-state index in [2.05, 4.69) is 15.5 Å². The maximum atomic E-state index is 12.8. The first kappa shape index (κ1) is 18.9. The molecule has 1 unspecified atom stereocenters. The van der Waals surface area contributed by atoms with Gasteiger partial charge in [0.05, 0.1) is 19.9 Å². The van der Waals surface area contributed by atoms with E-state index in [0.717, 1.165) is 5.75 Å². The minimum absolute atomic E-state index is 0.213. The molecule has 0 fully saturated rings. The second kappa shape index (κ2) is 8.61. The second-order valence-corrected chi connectivity index (χ2v) is 6.35. The van der Waals surface area contributed by atoms with E-state index in [1.807, 2.05) is 13.8 Å². The van der Waals surface area contributed by atoms with Gasteiger partial charge < -0.3 is 20.5 Å². The minimum Gasteiger partial charge on any atom is -0.497 e. The molecule has 1 aromatic carbocycles. The van der Waals surface area contributed by atoms with Crippen molar-refractivity contribution >= 4 is 29.3 Å². The molecule has 8 nitrogen and oxygen atoms in total. The number of carbonyl (C=O) groups excluding carboxylic acids is 1. The number of rotatable bonds is 8. The van der Waals surface area contributed by atoms with E-state index in [1.54, 1.807) is 29.9 Å². The number of nitrogens with one attached hydrogen (secondary N) is 1. The van der Waals surface area contributed by atoms with Crippen molar-refractivity contribution in [1.82, 2.24) is 14.8 Å². The van der Waals surface area contributed by atoms with Crippen LogP contribution in [0.4, 0.5) is 11.6 Å². The molecule has 0 saturated heterocycles. The highest BCUT2D eigenvalue weighted by Gasteiger charge is 2.25. The average Bonchev–Trinajstić information content (AvgIpc) is 2.97. The van der Waals surface area contributed by atoms with Crippen LogP contribution in [-0.4, -0.2) is 40.6 Å². The van der Waals surface area contributed by atoms with Crippen molar-refractivity contribution < 1.29 is 14.3 Å². The number of aromatic nitrogens is 3. The Morgan fingerprint density at radius 2 is 2.08 bits per heavy atom. The first-order chi connectivity index (χ1) is 12.0. The van der Waals surface area contributed by atoms with E-state index in [0.29, 0.717) is 28.8 Å². The predicted molar refractivity (Wildman–Crippen MR) is 98.3 cm³/mol. The van der Waals surface area contributed by atoms with Crippen LogP contribution in [0.5, 0.6) is 11.5 Å². The Balaban J connectivity index is 2.28. The summed E-state index contributed by atoms with van der Waals surface area (Å²) in [6.45, 7) is 3.92. The fourth-order valence-corrected chi connectivity index (χ4v) is 3.13. The van der Waals surface area contributed by atoms with E-state index in [-0.39, 0.29) is 11.9 Å². The molecule has 0 aliphatic heterocycles. The van der Waals surface area contributed by atoms with Crippen LogP contribution in [-0.2, 0) is 4.79 Å². The van der Waals surface area contributed by atoms with E-state index in [1.165, 1.54) is 18.9 Å². The molecular formula is C16H23N5O3S. The molecule has 0 bridgehead atoms. The molecule has 1 amide bonds. The lowest BCUT2D eigenvalue weighted by Gasteiger charge is -2.20. The predicted octanol–water partition coefficient (Wildman–Crippen LogP) is 2.58. The number of anilines is 2. The van der Waals surface area contributed by atoms with Gasteiger partial charge in [-0.1, -0.05) is 25.6 Å². The zero-order valence-electron chi connectivity index (χ0n) is 14.8. The van der Waals surface area contributed by atoms with Crippen LogP contribution in [0.25, 0.3) is 0 Å². The van der Waals surface area contributed by atoms with Crippen LogP contribution in [0.2, 0.25) is 0 Å². The van der Waals surface area contributed by atoms with Crippen molar-refractivity contribution in [3.05, 3.63) is 18.2 Å². The van der Waals surface area contributed by atoms with Crippen LogP contribution in [0.1, 0.15) is 26.3 Å². The summed E-state index contributed by atoms with van der Waals surface area (Å²) in [7, 11) is 3.11. The summed E-state index contributed by atoms with van der Waals surface area (Å²) in [4.78, 5) is 12.8. The number of amides is 1. The molecule has 0 spiro atoms. The summed E-state index contributed by atoms with van der Waals surface area (Å²) < 4.78 is 12.2. The van der Waals surface area contributed by atoms with Gasteiger partial charge in [-0.15, -0.1) is 10.2 Å². The SMILES string of the molecule is CCSc1nnc(N)n1C(CC)C(=O)Nc1ccc(OC)cc1OC. The Bertz CT molecular complexity index is 735. The monoisotopic (exact) mass is 365 g/mol. The first-order valence-corrected chi connectivity index (χ1v) is 8.90. The van der Waals surface area contributed by atoms with Crippen molar-refractivity contribution in [2.24, 2.45) is 0 Å². The van der Waals surface area contributed by atoms with Gasteiger partial charge in [-0.3, -0.25) is 9.36 Å². The number of methoxy groups -OCH3 is 2. The first-order valence-electron chi connectivity index (χ1n) is 7.91. The smallest absolute Gasteiger partial charge is 0.247 e. The van der Waals surface area contributed by atoms with Gasteiger partial charge >= 0.3 is 0 Å². The second-order valence-electron chi connectivity index (χ2n) is 5.12. The molecule has 0 saturated carbocycles. The molecule has 1 atom stereocenters. The lowest BCUT2D eigenvalue weighted by atomic mass is 10.2. The standard InChI is InChI=1S/C16H23N5O3S/c1-5-12(21-15(17)19-20-16(21)25-6-2)14(22)18-11-8-7-10(23-3)9-13(11)24-4/h7-9,12H,5-6H2,1-4H3,(H2,17,19)(H,18,22). The highest BCUT2D eigenvalue weighted by molar-refractivity contribution is 7.99. The normalized spacial score (nSPS) is 11.8. The lowest BCUT2D eigenvalue weighted by Crippen LogP contribution is -2.27. The fraction of sp³-hybridized carbons (Fsp3) is 0.438. The largest absolute Gasteiger partial charge is 0.497 e. The Morgan fingerprint density at radius 3 is 2.68 bits per heavy atom. The zero-order chi connectivity index (χ0) is 18.4. The number of ether oxygens (including phenoxy) is 2. The minimum atomic E-state index is -0.518. The Kier molecular flexibility index (Phi) is 6.51. The van der Waals surface area contributed by atoms with Gasteiger partial charge in [-0.25, -0.2) is 0 Å². The summed E-state index contributed by atoms with van der Waals surface area (Å²) in [5.74, 6) is 1.98. The Hall–Kier alpha value is -2.42. The zero-order valence-corrected chi connectivity index (χ0v) is 15.6. The number of nitrogens with zero attached hydrogens (tertiary/aromatic N) is 3. The fourth-order valence-electron chi connectivity index (χ4n) is 2.41. The summed E-state index contributed by atoms with van der Waals surface area (Å²) in [5.41, 5.74) is 6.49. The molecule has 0 aliphatic rings. The van der Waals surface area contributed by atoms with Gasteiger partial charge in [-0.05, 0) is 24.3 Å². The molecule has 25 heavy (non-hydrogen) atoms. The van der Waals surface area contributed by atoms with Gasteiger partial charge in [0, 0.05) is 6.07 Å². The highest BCUT2D eigenvalue weighted by Crippen LogP contribution is 2.31. The van der Waals surface area contributed by atoms with Gasteiger partial charge in [-0.2, -0.15) is 0 Å². The quantitative estimate of drug-likeness (QED) is 0.693. The summed E-state index contributed by atoms with van der Waals surface area (Å²) in [6.07, 6.45) is 0.545. The summed E-state index contributed by atoms with van der Waals surface area (Å²) >= 11 is 1.49. The molecule has 2 aromatic rings. The topological polar surface area (TPSA) is 104 Å². The van der Waals surface area contributed by atoms with Crippen LogP contribution in [0, 0.1) is 0 Å². The van der Waals surface area contributed by atoms with Crippen molar-refractivity contribution in [2.75, 3.05) is 31.0 Å². The summed E-state index contributed by atoms with van der Waals surface area (Å²) in [6, 6.07) is 4.68. The number of nitrogen functional groups attached to an aromatic ring is 1. The third-order valence-electron chi connectivity index (χ3n) is 3.63. The van der Waals surface area contributed by atoms with Crippen molar-refractivity contribution in [3.63, 3.8) is 0 Å². The van der Waals surface area contributed by atoms with Crippen molar-refractivity contribution in [3.8, 4) is 11.5 Å². The molecule has 9 heteroatoms. The van der Waals surface area contributed by atoms with Gasteiger partial charge in [0.15, 0.2) is 5.16 Å². The lowest BCUT2D eigenvalue weighted by molar-refractivity contribution is -0.119. The molecule has 2 rings (SSSR count). The average molecular weight is 365 g/mol. The van der Waals surface area contributed by atoms with E-state index < -0.39 is 6.04 Å². The van der Waals surface area contributed by atoms with Crippen LogP contribution < -0.4 is 20.5 Å². The molecule has 0 radical (unpaired) electrons. The van der Waals surface area contributed by atoms with Crippen LogP contribution in [0.15, 0.2) is 23.4 Å². The maximum absolute atomic E-state index is 12.8. The number of hydrogen-bond donors (Lipinski definition) is 2.